The van der Waals surface area contributed by atoms with Gasteiger partial charge in [0, 0.05) is 9.26 Å². The summed E-state index contributed by atoms with van der Waals surface area (Å²) in [6.07, 6.45) is 0. The Balaban J connectivity index is 1.78. The van der Waals surface area contributed by atoms with Crippen LogP contribution in [-0.4, -0.2) is 18.5 Å². The van der Waals surface area contributed by atoms with E-state index in [1.807, 2.05) is 18.2 Å². The van der Waals surface area contributed by atoms with E-state index in [2.05, 4.69) is 33.2 Å². The topological polar surface area (TPSA) is 67.4 Å². The number of urea groups is 1. The molecule has 0 spiro atoms. The first-order valence-electron chi connectivity index (χ1n) is 6.18. The van der Waals surface area contributed by atoms with Crippen LogP contribution in [0.5, 0.6) is 5.75 Å². The second-order valence-corrected chi connectivity index (χ2v) is 5.36. The highest BCUT2D eigenvalue weighted by Crippen LogP contribution is 2.14. The molecule has 0 aliphatic rings. The largest absolute Gasteiger partial charge is 0.484 e. The fourth-order valence-electron chi connectivity index (χ4n) is 1.55. The van der Waals surface area contributed by atoms with Crippen molar-refractivity contribution in [2.75, 3.05) is 11.9 Å². The van der Waals surface area contributed by atoms with Gasteiger partial charge in [-0.05, 0) is 52.9 Å². The number of carbonyl (C=O) groups is 2. The molecule has 0 bridgehead atoms. The van der Waals surface area contributed by atoms with Crippen molar-refractivity contribution in [1.82, 2.24) is 5.32 Å². The van der Waals surface area contributed by atoms with Gasteiger partial charge in [0.2, 0.25) is 0 Å². The molecule has 2 rings (SSSR count). The third kappa shape index (κ3) is 5.42. The maximum absolute atomic E-state index is 11.6. The number of para-hydroxylation sites is 1. The number of imide groups is 1. The summed E-state index contributed by atoms with van der Waals surface area (Å²) in [6.45, 7) is -0.220. The Morgan fingerprint density at radius 3 is 2.52 bits per heavy atom. The monoisotopic (exact) mass is 396 g/mol. The van der Waals surface area contributed by atoms with Gasteiger partial charge in [0.15, 0.2) is 6.61 Å². The van der Waals surface area contributed by atoms with Crippen LogP contribution in [-0.2, 0) is 4.79 Å². The van der Waals surface area contributed by atoms with Crippen LogP contribution < -0.4 is 15.4 Å². The Morgan fingerprint density at radius 1 is 1.05 bits per heavy atom. The molecular weight excluding hydrogens is 383 g/mol. The Bertz CT molecular complexity index is 632. The molecule has 3 amide bonds. The number of rotatable bonds is 4. The Labute approximate surface area is 135 Å². The highest BCUT2D eigenvalue weighted by atomic mass is 127. The fraction of sp³-hybridized carbons (Fsp3) is 0.0667. The van der Waals surface area contributed by atoms with Gasteiger partial charge >= 0.3 is 6.03 Å². The van der Waals surface area contributed by atoms with Crippen LogP contribution in [0.1, 0.15) is 0 Å². The van der Waals surface area contributed by atoms with E-state index in [9.17, 15) is 9.59 Å². The number of amides is 3. The van der Waals surface area contributed by atoms with Crippen LogP contribution in [0, 0.1) is 3.57 Å². The van der Waals surface area contributed by atoms with Crippen LogP contribution in [0.4, 0.5) is 10.5 Å². The summed E-state index contributed by atoms with van der Waals surface area (Å²) >= 11 is 2.15. The quantitative estimate of drug-likeness (QED) is 0.781. The third-order valence-corrected chi connectivity index (χ3v) is 3.12. The Morgan fingerprint density at radius 2 is 1.81 bits per heavy atom. The summed E-state index contributed by atoms with van der Waals surface area (Å²) in [6, 6.07) is 15.6. The molecular formula is C15H13IN2O3. The molecule has 108 valence electrons. The number of hydrogen-bond donors (Lipinski definition) is 2. The smallest absolute Gasteiger partial charge is 0.325 e. The summed E-state index contributed by atoms with van der Waals surface area (Å²) < 4.78 is 6.31. The van der Waals surface area contributed by atoms with Crippen LogP contribution in [0.15, 0.2) is 54.6 Å². The van der Waals surface area contributed by atoms with Crippen LogP contribution in [0.25, 0.3) is 0 Å². The molecule has 6 heteroatoms. The van der Waals surface area contributed by atoms with Crippen molar-refractivity contribution in [3.8, 4) is 5.75 Å². The normalized spacial score (nSPS) is 9.76. The first-order valence-corrected chi connectivity index (χ1v) is 7.25. The first-order chi connectivity index (χ1) is 10.1. The zero-order valence-corrected chi connectivity index (χ0v) is 13.2. The number of nitrogens with one attached hydrogen (secondary N) is 2. The number of anilines is 1. The molecule has 0 atom stereocenters. The Kier molecular flexibility index (Phi) is 5.56. The van der Waals surface area contributed by atoms with Crippen molar-refractivity contribution in [3.63, 3.8) is 0 Å². The van der Waals surface area contributed by atoms with Crippen molar-refractivity contribution in [2.45, 2.75) is 0 Å². The maximum Gasteiger partial charge on any atom is 0.325 e. The lowest BCUT2D eigenvalue weighted by molar-refractivity contribution is -0.121. The second kappa shape index (κ2) is 7.63. The molecule has 0 saturated carbocycles. The molecule has 21 heavy (non-hydrogen) atoms. The number of carbonyl (C=O) groups excluding carboxylic acids is 2. The van der Waals surface area contributed by atoms with Gasteiger partial charge in [-0.3, -0.25) is 10.1 Å². The molecule has 0 unspecified atom stereocenters. The maximum atomic E-state index is 11.6. The minimum Gasteiger partial charge on any atom is -0.484 e. The minimum atomic E-state index is -0.586. The molecule has 0 heterocycles. The van der Waals surface area contributed by atoms with Gasteiger partial charge in [-0.1, -0.05) is 24.3 Å². The number of benzene rings is 2. The molecule has 2 aromatic rings. The average Bonchev–Trinajstić information content (AvgIpc) is 2.46. The molecule has 0 aliphatic carbocycles. The van der Waals surface area contributed by atoms with Gasteiger partial charge in [0.1, 0.15) is 5.75 Å². The molecule has 0 radical (unpaired) electrons. The zero-order valence-electron chi connectivity index (χ0n) is 11.0. The summed E-state index contributed by atoms with van der Waals surface area (Å²) in [5.41, 5.74) is 0.612. The second-order valence-electron chi connectivity index (χ2n) is 4.11. The number of halogens is 1. The molecule has 2 N–H and O–H groups in total. The van der Waals surface area contributed by atoms with Crippen molar-refractivity contribution in [1.29, 1.82) is 0 Å². The van der Waals surface area contributed by atoms with Crippen molar-refractivity contribution in [2.24, 2.45) is 0 Å². The van der Waals surface area contributed by atoms with Gasteiger partial charge in [-0.2, -0.15) is 0 Å². The summed E-state index contributed by atoms with van der Waals surface area (Å²) in [7, 11) is 0. The predicted octanol–water partition coefficient (Wildman–Crippen LogP) is 3.02. The minimum absolute atomic E-state index is 0.220. The summed E-state index contributed by atoms with van der Waals surface area (Å²) in [5.74, 6) is 0.0720. The van der Waals surface area contributed by atoms with Gasteiger partial charge in [0.05, 0.1) is 0 Å². The molecule has 5 nitrogen and oxygen atoms in total. The number of ether oxygens (including phenoxy) is 1. The molecule has 0 aliphatic heterocycles. The van der Waals surface area contributed by atoms with Gasteiger partial charge in [-0.15, -0.1) is 0 Å². The highest BCUT2D eigenvalue weighted by Gasteiger charge is 2.08. The molecule has 0 saturated heterocycles. The lowest BCUT2D eigenvalue weighted by atomic mass is 10.3. The lowest BCUT2D eigenvalue weighted by Crippen LogP contribution is -2.37. The standard InChI is InChI=1S/C15H13IN2O3/c16-11-5-4-8-13(9-11)21-10-14(19)18-15(20)17-12-6-2-1-3-7-12/h1-9H,10H2,(H2,17,18,19,20). The summed E-state index contributed by atoms with van der Waals surface area (Å²) in [5, 5.41) is 4.75. The highest BCUT2D eigenvalue weighted by molar-refractivity contribution is 14.1. The predicted molar refractivity (Wildman–Crippen MR) is 88.3 cm³/mol. The van der Waals surface area contributed by atoms with E-state index in [1.165, 1.54) is 0 Å². The van der Waals surface area contributed by atoms with E-state index in [1.54, 1.807) is 36.4 Å². The summed E-state index contributed by atoms with van der Waals surface area (Å²) in [4.78, 5) is 23.2. The first kappa shape index (κ1) is 15.3. The van der Waals surface area contributed by atoms with Crippen LogP contribution in [0.2, 0.25) is 0 Å². The van der Waals surface area contributed by atoms with Gasteiger partial charge in [-0.25, -0.2) is 4.79 Å². The molecule has 0 aromatic heterocycles. The van der Waals surface area contributed by atoms with Crippen molar-refractivity contribution >= 4 is 40.2 Å². The van der Waals surface area contributed by atoms with E-state index in [-0.39, 0.29) is 6.61 Å². The fourth-order valence-corrected chi connectivity index (χ4v) is 2.07. The molecule has 2 aromatic carbocycles. The molecule has 0 fully saturated rings. The van der Waals surface area contributed by atoms with E-state index < -0.39 is 11.9 Å². The van der Waals surface area contributed by atoms with Crippen LogP contribution in [0.3, 0.4) is 0 Å². The zero-order chi connectivity index (χ0) is 15.1. The third-order valence-electron chi connectivity index (χ3n) is 2.45. The van der Waals surface area contributed by atoms with E-state index in [4.69, 9.17) is 4.74 Å². The van der Waals surface area contributed by atoms with E-state index in [0.717, 1.165) is 3.57 Å². The van der Waals surface area contributed by atoms with Crippen molar-refractivity contribution < 1.29 is 14.3 Å². The SMILES string of the molecule is O=C(COc1cccc(I)c1)NC(=O)Nc1ccccc1. The Hall–Kier alpha value is -2.09. The lowest BCUT2D eigenvalue weighted by Gasteiger charge is -2.08. The van der Waals surface area contributed by atoms with Crippen LogP contribution >= 0.6 is 22.6 Å². The van der Waals surface area contributed by atoms with E-state index >= 15 is 0 Å². The van der Waals surface area contributed by atoms with Crippen molar-refractivity contribution in [3.05, 3.63) is 58.2 Å². The number of hydrogen-bond acceptors (Lipinski definition) is 3. The van der Waals surface area contributed by atoms with Gasteiger partial charge < -0.3 is 10.1 Å². The van der Waals surface area contributed by atoms with Gasteiger partial charge in [0.25, 0.3) is 5.91 Å². The van der Waals surface area contributed by atoms with E-state index in [0.29, 0.717) is 11.4 Å². The average molecular weight is 396 g/mol.